The summed E-state index contributed by atoms with van der Waals surface area (Å²) < 4.78 is 5.45. The smallest absolute Gasteiger partial charge is 0.188 e. The molecule has 0 aliphatic rings. The largest absolute Gasteiger partial charge is 0.494 e. The highest BCUT2D eigenvalue weighted by Crippen LogP contribution is 2.12. The van der Waals surface area contributed by atoms with E-state index < -0.39 is 0 Å². The predicted molar refractivity (Wildman–Crippen MR) is 67.0 cm³/mol. The fraction of sp³-hybridized carbons (Fsp3) is 0.417. The van der Waals surface area contributed by atoms with Crippen LogP contribution in [0, 0.1) is 0 Å². The van der Waals surface area contributed by atoms with Crippen LogP contribution in [-0.2, 0) is 20.1 Å². The molecule has 0 aliphatic carbocycles. The predicted octanol–water partition coefficient (Wildman–Crippen LogP) is 0.899. The molecule has 0 radical (unpaired) electrons. The van der Waals surface area contributed by atoms with Crippen LogP contribution >= 0.6 is 0 Å². The van der Waals surface area contributed by atoms with Gasteiger partial charge in [0.25, 0.3) is 0 Å². The number of hydrogen-bond acceptors (Lipinski definition) is 5. The summed E-state index contributed by atoms with van der Waals surface area (Å²) in [5.74, 6) is 1.59. The minimum Gasteiger partial charge on any atom is -0.494 e. The number of rotatable bonds is 6. The molecule has 1 N–H and O–H groups in total. The Hall–Kier alpha value is -1.95. The Morgan fingerprint density at radius 1 is 1.33 bits per heavy atom. The number of nitrogens with one attached hydrogen (secondary N) is 1. The van der Waals surface area contributed by atoms with Crippen molar-refractivity contribution in [3.63, 3.8) is 0 Å². The summed E-state index contributed by atoms with van der Waals surface area (Å²) in [5, 5.41) is 15.0. The first-order valence-corrected chi connectivity index (χ1v) is 5.93. The third-order valence-electron chi connectivity index (χ3n) is 2.37. The molecule has 96 valence electrons. The molecule has 0 unspecified atom stereocenters. The van der Waals surface area contributed by atoms with Crippen molar-refractivity contribution in [2.75, 3.05) is 6.61 Å². The lowest BCUT2D eigenvalue weighted by Gasteiger charge is -2.06. The van der Waals surface area contributed by atoms with Crippen molar-refractivity contribution in [3.05, 3.63) is 35.7 Å². The van der Waals surface area contributed by atoms with Gasteiger partial charge in [0.15, 0.2) is 5.82 Å². The van der Waals surface area contributed by atoms with Gasteiger partial charge in [-0.1, -0.05) is 12.1 Å². The average molecular weight is 247 g/mol. The highest BCUT2D eigenvalue weighted by atomic mass is 16.5. The average Bonchev–Trinajstić information content (AvgIpc) is 2.76. The number of nitrogens with zero attached hydrogens (tertiary/aromatic N) is 4. The van der Waals surface area contributed by atoms with Crippen molar-refractivity contribution in [3.8, 4) is 5.75 Å². The molecule has 0 saturated heterocycles. The molecule has 2 rings (SSSR count). The van der Waals surface area contributed by atoms with E-state index in [4.69, 9.17) is 4.74 Å². The van der Waals surface area contributed by atoms with Crippen LogP contribution in [0.25, 0.3) is 0 Å². The van der Waals surface area contributed by atoms with Gasteiger partial charge in [-0.2, -0.15) is 4.80 Å². The molecule has 18 heavy (non-hydrogen) atoms. The molecule has 6 nitrogen and oxygen atoms in total. The molecule has 1 heterocycles. The first-order valence-electron chi connectivity index (χ1n) is 5.93. The van der Waals surface area contributed by atoms with Crippen LogP contribution in [0.4, 0.5) is 0 Å². The van der Waals surface area contributed by atoms with E-state index >= 15 is 0 Å². The van der Waals surface area contributed by atoms with Crippen molar-refractivity contribution in [1.82, 2.24) is 25.5 Å². The topological polar surface area (TPSA) is 64.9 Å². The third kappa shape index (κ3) is 3.53. The van der Waals surface area contributed by atoms with Crippen molar-refractivity contribution in [2.24, 2.45) is 7.05 Å². The Morgan fingerprint density at radius 2 is 2.22 bits per heavy atom. The van der Waals surface area contributed by atoms with Gasteiger partial charge in [0.2, 0.25) is 0 Å². The highest BCUT2D eigenvalue weighted by Gasteiger charge is 2.00. The minimum absolute atomic E-state index is 0.604. The van der Waals surface area contributed by atoms with Crippen molar-refractivity contribution >= 4 is 0 Å². The Morgan fingerprint density at radius 3 is 2.94 bits per heavy atom. The Balaban J connectivity index is 1.84. The highest BCUT2D eigenvalue weighted by molar-refractivity contribution is 5.28. The van der Waals surface area contributed by atoms with Crippen molar-refractivity contribution in [1.29, 1.82) is 0 Å². The van der Waals surface area contributed by atoms with Crippen LogP contribution in [0.1, 0.15) is 18.3 Å². The van der Waals surface area contributed by atoms with Crippen LogP contribution in [0.3, 0.4) is 0 Å². The van der Waals surface area contributed by atoms with E-state index in [0.29, 0.717) is 19.0 Å². The lowest BCUT2D eigenvalue weighted by Crippen LogP contribution is -2.14. The normalized spacial score (nSPS) is 10.6. The number of tetrazole rings is 1. The van der Waals surface area contributed by atoms with Crippen LogP contribution in [0.2, 0.25) is 0 Å². The Labute approximate surface area is 106 Å². The first kappa shape index (κ1) is 12.5. The second kappa shape index (κ2) is 6.11. The number of benzene rings is 1. The monoisotopic (exact) mass is 247 g/mol. The van der Waals surface area contributed by atoms with Crippen LogP contribution in [-0.4, -0.2) is 26.8 Å². The minimum atomic E-state index is 0.604. The maximum Gasteiger partial charge on any atom is 0.188 e. The second-order valence-corrected chi connectivity index (χ2v) is 3.88. The first-order chi connectivity index (χ1) is 8.78. The molecule has 2 aromatic rings. The molecular weight excluding hydrogens is 230 g/mol. The van der Waals surface area contributed by atoms with Gasteiger partial charge in [0.1, 0.15) is 5.75 Å². The van der Waals surface area contributed by atoms with Gasteiger partial charge in [0, 0.05) is 6.54 Å². The zero-order valence-electron chi connectivity index (χ0n) is 10.6. The number of aromatic nitrogens is 4. The quantitative estimate of drug-likeness (QED) is 0.821. The van der Waals surface area contributed by atoms with E-state index in [-0.39, 0.29) is 0 Å². The van der Waals surface area contributed by atoms with E-state index in [2.05, 4.69) is 26.8 Å². The van der Waals surface area contributed by atoms with E-state index in [9.17, 15) is 0 Å². The van der Waals surface area contributed by atoms with Crippen LogP contribution in [0.5, 0.6) is 5.75 Å². The van der Waals surface area contributed by atoms with Gasteiger partial charge in [-0.15, -0.1) is 10.2 Å². The van der Waals surface area contributed by atoms with Crippen molar-refractivity contribution < 1.29 is 4.74 Å². The maximum atomic E-state index is 5.45. The Kier molecular flexibility index (Phi) is 4.25. The van der Waals surface area contributed by atoms with E-state index in [1.807, 2.05) is 25.1 Å². The molecule has 1 aromatic carbocycles. The van der Waals surface area contributed by atoms with Crippen LogP contribution in [0.15, 0.2) is 24.3 Å². The molecular formula is C12H17N5O. The van der Waals surface area contributed by atoms with Gasteiger partial charge in [-0.05, 0) is 29.8 Å². The maximum absolute atomic E-state index is 5.45. The van der Waals surface area contributed by atoms with E-state index in [1.54, 1.807) is 7.05 Å². The third-order valence-corrected chi connectivity index (χ3v) is 2.37. The standard InChI is InChI=1S/C12H17N5O/c1-3-18-11-6-4-5-10(7-11)8-13-9-12-14-16-17(2)15-12/h4-7,13H,3,8-9H2,1-2H3. The van der Waals surface area contributed by atoms with Gasteiger partial charge >= 0.3 is 0 Å². The van der Waals surface area contributed by atoms with Crippen LogP contribution < -0.4 is 10.1 Å². The lowest BCUT2D eigenvalue weighted by atomic mass is 10.2. The molecule has 0 bridgehead atoms. The SMILES string of the molecule is CCOc1cccc(CNCc2nnn(C)n2)c1. The van der Waals surface area contributed by atoms with Gasteiger partial charge in [-0.25, -0.2) is 0 Å². The summed E-state index contributed by atoms with van der Waals surface area (Å²) in [6.07, 6.45) is 0. The van der Waals surface area contributed by atoms with Crippen molar-refractivity contribution in [2.45, 2.75) is 20.0 Å². The molecule has 0 saturated carbocycles. The van der Waals surface area contributed by atoms with Gasteiger partial charge in [-0.3, -0.25) is 0 Å². The summed E-state index contributed by atoms with van der Waals surface area (Å²) in [5.41, 5.74) is 1.17. The molecule has 0 spiro atoms. The molecule has 0 atom stereocenters. The molecule has 0 amide bonds. The number of ether oxygens (including phenoxy) is 1. The second-order valence-electron chi connectivity index (χ2n) is 3.88. The number of aryl methyl sites for hydroxylation is 1. The Bertz CT molecular complexity index is 497. The van der Waals surface area contributed by atoms with Gasteiger partial charge < -0.3 is 10.1 Å². The van der Waals surface area contributed by atoms with Gasteiger partial charge in [0.05, 0.1) is 20.2 Å². The fourth-order valence-electron chi connectivity index (χ4n) is 1.62. The molecule has 6 heteroatoms. The molecule has 0 aliphatic heterocycles. The van der Waals surface area contributed by atoms with E-state index in [1.165, 1.54) is 10.4 Å². The van der Waals surface area contributed by atoms with E-state index in [0.717, 1.165) is 12.3 Å². The summed E-state index contributed by atoms with van der Waals surface area (Å²) in [7, 11) is 1.75. The summed E-state index contributed by atoms with van der Waals surface area (Å²) in [6, 6.07) is 8.03. The summed E-state index contributed by atoms with van der Waals surface area (Å²) in [4.78, 5) is 1.45. The summed E-state index contributed by atoms with van der Waals surface area (Å²) >= 11 is 0. The fourth-order valence-corrected chi connectivity index (χ4v) is 1.62. The summed E-state index contributed by atoms with van der Waals surface area (Å²) in [6.45, 7) is 4.01. The molecule has 1 aromatic heterocycles. The number of hydrogen-bond donors (Lipinski definition) is 1. The zero-order chi connectivity index (χ0) is 12.8. The molecule has 0 fully saturated rings. The zero-order valence-corrected chi connectivity index (χ0v) is 10.6. The lowest BCUT2D eigenvalue weighted by molar-refractivity contribution is 0.340.